The number of aryl methyl sites for hydroxylation is 1. The van der Waals surface area contributed by atoms with Crippen molar-refractivity contribution in [1.82, 2.24) is 10.2 Å². The molecule has 0 aromatic carbocycles. The summed E-state index contributed by atoms with van der Waals surface area (Å²) >= 11 is 0. The van der Waals surface area contributed by atoms with Crippen LogP contribution in [-0.2, 0) is 25.3 Å². The first-order valence-electron chi connectivity index (χ1n) is 10.2. The second-order valence-corrected chi connectivity index (χ2v) is 8.79. The number of allylic oxidation sites excluding steroid dienone is 2. The fourth-order valence-electron chi connectivity index (χ4n) is 3.76. The first-order valence-corrected chi connectivity index (χ1v) is 10.2. The van der Waals surface area contributed by atoms with Gasteiger partial charge in [-0.1, -0.05) is 6.08 Å². The van der Waals surface area contributed by atoms with Crippen molar-refractivity contribution in [1.29, 1.82) is 0 Å². The number of rotatable bonds is 6. The minimum atomic E-state index is -0.527. The van der Waals surface area contributed by atoms with E-state index in [2.05, 4.69) is 44.0 Å². The molecule has 0 bridgehead atoms. The molecule has 1 atom stereocenters. The van der Waals surface area contributed by atoms with E-state index < -0.39 is 5.41 Å². The van der Waals surface area contributed by atoms with Gasteiger partial charge in [0.1, 0.15) is 0 Å². The Bertz CT molecular complexity index is 719. The minimum Gasteiger partial charge on any atom is -0.466 e. The largest absolute Gasteiger partial charge is 0.490 e. The molecule has 0 saturated carbocycles. The number of esters is 1. The molecule has 2 aliphatic rings. The fourth-order valence-corrected chi connectivity index (χ4v) is 3.76. The van der Waals surface area contributed by atoms with Crippen LogP contribution >= 0.6 is 0 Å². The Kier molecular flexibility index (Phi) is 5.96. The average molecular weight is 386 g/mol. The molecule has 1 fully saturated rings. The van der Waals surface area contributed by atoms with Gasteiger partial charge >= 0.3 is 13.1 Å². The van der Waals surface area contributed by atoms with E-state index in [-0.39, 0.29) is 24.3 Å². The van der Waals surface area contributed by atoms with Crippen molar-refractivity contribution in [3.05, 3.63) is 35.6 Å². The first-order chi connectivity index (χ1) is 13.2. The molecule has 1 aromatic heterocycles. The highest BCUT2D eigenvalue weighted by Crippen LogP contribution is 2.45. The normalized spacial score (nSPS) is 26.0. The van der Waals surface area contributed by atoms with Gasteiger partial charge in [-0.3, -0.25) is 4.79 Å². The summed E-state index contributed by atoms with van der Waals surface area (Å²) in [4.78, 5) is 12.8. The predicted molar refractivity (Wildman–Crippen MR) is 107 cm³/mol. The minimum absolute atomic E-state index is 0.122. The highest BCUT2D eigenvalue weighted by Gasteiger charge is 2.53. The van der Waals surface area contributed by atoms with Crippen LogP contribution in [0.5, 0.6) is 0 Å². The second kappa shape index (κ2) is 7.95. The molecule has 1 aromatic rings. The van der Waals surface area contributed by atoms with E-state index in [4.69, 9.17) is 14.0 Å². The van der Waals surface area contributed by atoms with E-state index in [0.29, 0.717) is 25.9 Å². The van der Waals surface area contributed by atoms with Gasteiger partial charge in [-0.25, -0.2) is 0 Å². The van der Waals surface area contributed by atoms with E-state index in [1.165, 1.54) is 0 Å². The Morgan fingerprint density at radius 1 is 1.25 bits per heavy atom. The lowest BCUT2D eigenvalue weighted by atomic mass is 9.64. The van der Waals surface area contributed by atoms with E-state index in [1.807, 2.05) is 19.1 Å². The number of hydrogen-bond donors (Lipinski definition) is 0. The van der Waals surface area contributed by atoms with Gasteiger partial charge in [-0.2, -0.15) is 10.2 Å². The molecule has 6 nitrogen and oxygen atoms in total. The van der Waals surface area contributed by atoms with Crippen molar-refractivity contribution in [3.63, 3.8) is 0 Å². The zero-order valence-electron chi connectivity index (χ0n) is 17.7. The van der Waals surface area contributed by atoms with Crippen LogP contribution in [0.3, 0.4) is 0 Å². The lowest BCUT2D eigenvalue weighted by molar-refractivity contribution is -0.156. The Morgan fingerprint density at radius 2 is 1.96 bits per heavy atom. The Morgan fingerprint density at radius 3 is 2.50 bits per heavy atom. The van der Waals surface area contributed by atoms with Crippen LogP contribution in [0.4, 0.5) is 0 Å². The van der Waals surface area contributed by atoms with Crippen molar-refractivity contribution >= 4 is 13.1 Å². The van der Waals surface area contributed by atoms with Crippen LogP contribution in [0, 0.1) is 5.41 Å². The molecule has 1 aliphatic carbocycles. The maximum absolute atomic E-state index is 12.8. The van der Waals surface area contributed by atoms with Crippen LogP contribution in [0.1, 0.15) is 66.0 Å². The van der Waals surface area contributed by atoms with Crippen molar-refractivity contribution in [2.24, 2.45) is 5.41 Å². The molecule has 0 N–H and O–H groups in total. The predicted octanol–water partition coefficient (Wildman–Crippen LogP) is 3.70. The smallest absolute Gasteiger partial charge is 0.466 e. The Hall–Kier alpha value is -1.73. The average Bonchev–Trinajstić information content (AvgIpc) is 2.89. The number of ether oxygens (including phenoxy) is 1. The summed E-state index contributed by atoms with van der Waals surface area (Å²) in [5.74, 6) is -0.122. The van der Waals surface area contributed by atoms with Gasteiger partial charge in [-0.05, 0) is 84.3 Å². The Labute approximate surface area is 168 Å². The van der Waals surface area contributed by atoms with Crippen molar-refractivity contribution < 1.29 is 18.8 Å². The molecule has 0 radical (unpaired) electrons. The quantitative estimate of drug-likeness (QED) is 0.549. The summed E-state index contributed by atoms with van der Waals surface area (Å²) in [5, 5.41) is 8.08. The van der Waals surface area contributed by atoms with Gasteiger partial charge in [-0.15, -0.1) is 0 Å². The molecule has 2 heterocycles. The Balaban J connectivity index is 1.74. The van der Waals surface area contributed by atoms with Crippen LogP contribution in [0.25, 0.3) is 0 Å². The summed E-state index contributed by atoms with van der Waals surface area (Å²) < 4.78 is 17.8. The van der Waals surface area contributed by atoms with Gasteiger partial charge in [0, 0.05) is 6.20 Å². The molecule has 0 spiro atoms. The molecule has 1 unspecified atom stereocenters. The highest BCUT2D eigenvalue weighted by molar-refractivity contribution is 6.54. The van der Waals surface area contributed by atoms with Gasteiger partial charge in [0.05, 0.1) is 28.9 Å². The summed E-state index contributed by atoms with van der Waals surface area (Å²) in [5.41, 5.74) is 0.769. The van der Waals surface area contributed by atoms with E-state index in [1.54, 1.807) is 6.20 Å². The van der Waals surface area contributed by atoms with Crippen LogP contribution in [0.2, 0.25) is 0 Å². The number of nitrogens with zero attached hydrogens (tertiary/aromatic N) is 2. The van der Waals surface area contributed by atoms with Gasteiger partial charge < -0.3 is 14.0 Å². The third-order valence-corrected chi connectivity index (χ3v) is 6.40. The zero-order valence-corrected chi connectivity index (χ0v) is 17.7. The van der Waals surface area contributed by atoms with Crippen molar-refractivity contribution in [2.45, 2.75) is 77.9 Å². The summed E-state index contributed by atoms with van der Waals surface area (Å²) in [7, 11) is -0.342. The van der Waals surface area contributed by atoms with E-state index >= 15 is 0 Å². The number of hydrogen-bond acceptors (Lipinski definition) is 6. The SMILES string of the molecule is CCOC(=O)C1(CCc2cccnn2)CC=C(B2OC(C)(C)C(C)(C)O2)CC1. The summed E-state index contributed by atoms with van der Waals surface area (Å²) in [6, 6.07) is 3.82. The molecule has 1 aliphatic heterocycles. The standard InChI is InChI=1S/C21H31BN2O4/c1-6-26-18(25)21(14-11-17-8-7-15-23-24-17)12-9-16(10-13-21)22-27-19(2,3)20(4,5)28-22/h7-9,15H,6,10-14H2,1-5H3. The highest BCUT2D eigenvalue weighted by atomic mass is 16.7. The maximum atomic E-state index is 12.8. The summed E-state index contributed by atoms with van der Waals surface area (Å²) in [6.45, 7) is 10.5. The maximum Gasteiger partial charge on any atom is 0.490 e. The second-order valence-electron chi connectivity index (χ2n) is 8.79. The van der Waals surface area contributed by atoms with Crippen LogP contribution < -0.4 is 0 Å². The number of carbonyl (C=O) groups excluding carboxylic acids is 1. The topological polar surface area (TPSA) is 70.5 Å². The van der Waals surface area contributed by atoms with E-state index in [0.717, 1.165) is 24.0 Å². The van der Waals surface area contributed by atoms with Crippen molar-refractivity contribution in [2.75, 3.05) is 6.61 Å². The molecule has 0 amide bonds. The molecular weight excluding hydrogens is 355 g/mol. The molecule has 7 heteroatoms. The first kappa shape index (κ1) is 21.0. The third kappa shape index (κ3) is 4.15. The van der Waals surface area contributed by atoms with Gasteiger partial charge in [0.2, 0.25) is 0 Å². The fraction of sp³-hybridized carbons (Fsp3) is 0.667. The lowest BCUT2D eigenvalue weighted by Crippen LogP contribution is -2.41. The molecule has 1 saturated heterocycles. The molecule has 152 valence electrons. The number of aromatic nitrogens is 2. The zero-order chi connectivity index (χ0) is 20.4. The summed E-state index contributed by atoms with van der Waals surface area (Å²) in [6.07, 6.45) is 7.29. The van der Waals surface area contributed by atoms with Crippen LogP contribution in [-0.4, -0.2) is 41.1 Å². The monoisotopic (exact) mass is 386 g/mol. The molecular formula is C21H31BN2O4. The lowest BCUT2D eigenvalue weighted by Gasteiger charge is -2.34. The molecule has 3 rings (SSSR count). The third-order valence-electron chi connectivity index (χ3n) is 6.40. The number of carbonyl (C=O) groups is 1. The van der Waals surface area contributed by atoms with Crippen LogP contribution in [0.15, 0.2) is 29.9 Å². The molecule has 28 heavy (non-hydrogen) atoms. The van der Waals surface area contributed by atoms with Gasteiger partial charge in [0.25, 0.3) is 0 Å². The van der Waals surface area contributed by atoms with Crippen molar-refractivity contribution in [3.8, 4) is 0 Å². The van der Waals surface area contributed by atoms with Gasteiger partial charge in [0.15, 0.2) is 0 Å². The van der Waals surface area contributed by atoms with E-state index in [9.17, 15) is 4.79 Å².